The molecule has 94 valence electrons. The maximum atomic E-state index is 5.76. The highest BCUT2D eigenvalue weighted by Gasteiger charge is 2.02. The van der Waals surface area contributed by atoms with Crippen molar-refractivity contribution in [3.8, 4) is 11.6 Å². The first-order chi connectivity index (χ1) is 8.67. The Hall–Kier alpha value is -1.87. The number of pyridine rings is 1. The summed E-state index contributed by atoms with van der Waals surface area (Å²) >= 11 is 0. The van der Waals surface area contributed by atoms with Crippen LogP contribution in [0.2, 0.25) is 0 Å². The summed E-state index contributed by atoms with van der Waals surface area (Å²) in [7, 11) is 1.93. The van der Waals surface area contributed by atoms with Gasteiger partial charge in [-0.05, 0) is 44.7 Å². The minimum absolute atomic E-state index is 0.643. The number of nitrogens with zero attached hydrogens (tertiary/aromatic N) is 1. The fourth-order valence-corrected chi connectivity index (χ4v) is 1.79. The third-order valence-corrected chi connectivity index (χ3v) is 2.61. The summed E-state index contributed by atoms with van der Waals surface area (Å²) in [6, 6.07) is 12.0. The molecule has 1 aromatic heterocycles. The first kappa shape index (κ1) is 12.6. The van der Waals surface area contributed by atoms with Crippen molar-refractivity contribution in [1.82, 2.24) is 10.3 Å². The number of benzene rings is 1. The Morgan fingerprint density at radius 3 is 2.50 bits per heavy atom. The van der Waals surface area contributed by atoms with Crippen LogP contribution in [-0.2, 0) is 6.54 Å². The Kier molecular flexibility index (Phi) is 3.95. The Balaban J connectivity index is 2.20. The van der Waals surface area contributed by atoms with Gasteiger partial charge in [-0.25, -0.2) is 4.98 Å². The second-order valence-corrected chi connectivity index (χ2v) is 4.40. The highest BCUT2D eigenvalue weighted by Crippen LogP contribution is 2.21. The molecule has 0 bridgehead atoms. The molecule has 18 heavy (non-hydrogen) atoms. The van der Waals surface area contributed by atoms with Crippen LogP contribution in [-0.4, -0.2) is 12.0 Å². The molecule has 0 aliphatic rings. The van der Waals surface area contributed by atoms with Crippen LogP contribution in [0.4, 0.5) is 0 Å². The van der Waals surface area contributed by atoms with Gasteiger partial charge in [-0.1, -0.05) is 17.7 Å². The van der Waals surface area contributed by atoms with E-state index in [0.29, 0.717) is 5.88 Å². The lowest BCUT2D eigenvalue weighted by molar-refractivity contribution is 0.460. The lowest BCUT2D eigenvalue weighted by Crippen LogP contribution is -2.06. The summed E-state index contributed by atoms with van der Waals surface area (Å²) in [4.78, 5) is 4.38. The normalized spacial score (nSPS) is 10.4. The molecule has 0 radical (unpaired) electrons. The molecule has 3 heteroatoms. The first-order valence-electron chi connectivity index (χ1n) is 6.04. The Morgan fingerprint density at radius 2 is 1.83 bits per heavy atom. The maximum Gasteiger partial charge on any atom is 0.219 e. The van der Waals surface area contributed by atoms with Gasteiger partial charge in [0.15, 0.2) is 0 Å². The fourth-order valence-electron chi connectivity index (χ4n) is 1.79. The predicted molar refractivity (Wildman–Crippen MR) is 73.0 cm³/mol. The van der Waals surface area contributed by atoms with Crippen molar-refractivity contribution in [2.45, 2.75) is 20.4 Å². The molecule has 1 N–H and O–H groups in total. The van der Waals surface area contributed by atoms with Crippen molar-refractivity contribution < 1.29 is 4.74 Å². The van der Waals surface area contributed by atoms with Crippen molar-refractivity contribution in [3.63, 3.8) is 0 Å². The standard InChI is InChI=1S/C15H18N2O/c1-11-4-6-14(7-5-11)18-15-9-13(10-16-3)8-12(2)17-15/h4-9,16H,10H2,1-3H3. The molecule has 2 rings (SSSR count). The summed E-state index contributed by atoms with van der Waals surface area (Å²) in [5.74, 6) is 1.46. The third kappa shape index (κ3) is 3.31. The zero-order chi connectivity index (χ0) is 13.0. The zero-order valence-corrected chi connectivity index (χ0v) is 11.0. The second kappa shape index (κ2) is 5.65. The Labute approximate surface area is 108 Å². The lowest BCUT2D eigenvalue weighted by atomic mass is 10.2. The van der Waals surface area contributed by atoms with Crippen LogP contribution in [0.1, 0.15) is 16.8 Å². The van der Waals surface area contributed by atoms with Crippen LogP contribution in [0.5, 0.6) is 11.6 Å². The predicted octanol–water partition coefficient (Wildman–Crippen LogP) is 3.21. The summed E-state index contributed by atoms with van der Waals surface area (Å²) in [5.41, 5.74) is 3.35. The molecule has 1 aromatic carbocycles. The number of nitrogens with one attached hydrogen (secondary N) is 1. The average Bonchev–Trinajstić information content (AvgIpc) is 2.32. The van der Waals surface area contributed by atoms with Gasteiger partial charge in [0.25, 0.3) is 0 Å². The van der Waals surface area contributed by atoms with Gasteiger partial charge in [-0.3, -0.25) is 0 Å². The highest BCUT2D eigenvalue weighted by atomic mass is 16.5. The molecule has 0 saturated carbocycles. The average molecular weight is 242 g/mol. The molecule has 0 saturated heterocycles. The molecule has 1 heterocycles. The van der Waals surface area contributed by atoms with Gasteiger partial charge >= 0.3 is 0 Å². The van der Waals surface area contributed by atoms with Gasteiger partial charge in [0.2, 0.25) is 5.88 Å². The minimum atomic E-state index is 0.643. The number of aryl methyl sites for hydroxylation is 2. The largest absolute Gasteiger partial charge is 0.439 e. The summed E-state index contributed by atoms with van der Waals surface area (Å²) in [6.07, 6.45) is 0. The van der Waals surface area contributed by atoms with E-state index in [9.17, 15) is 0 Å². The minimum Gasteiger partial charge on any atom is -0.439 e. The van der Waals surface area contributed by atoms with Crippen molar-refractivity contribution in [1.29, 1.82) is 0 Å². The molecule has 2 aromatic rings. The molecule has 0 atom stereocenters. The van der Waals surface area contributed by atoms with E-state index in [0.717, 1.165) is 18.0 Å². The van der Waals surface area contributed by atoms with E-state index in [1.807, 2.05) is 44.3 Å². The van der Waals surface area contributed by atoms with E-state index >= 15 is 0 Å². The van der Waals surface area contributed by atoms with Crippen molar-refractivity contribution in [3.05, 3.63) is 53.2 Å². The Bertz CT molecular complexity index is 521. The van der Waals surface area contributed by atoms with Crippen LogP contribution in [0.15, 0.2) is 36.4 Å². The molecule has 0 aliphatic heterocycles. The smallest absolute Gasteiger partial charge is 0.219 e. The molecule has 0 fully saturated rings. The SMILES string of the molecule is CNCc1cc(C)nc(Oc2ccc(C)cc2)c1. The third-order valence-electron chi connectivity index (χ3n) is 2.61. The van der Waals surface area contributed by atoms with Gasteiger partial charge in [0.05, 0.1) is 0 Å². The summed E-state index contributed by atoms with van der Waals surface area (Å²) < 4.78 is 5.76. The molecular weight excluding hydrogens is 224 g/mol. The monoisotopic (exact) mass is 242 g/mol. The molecule has 3 nitrogen and oxygen atoms in total. The maximum absolute atomic E-state index is 5.76. The van der Waals surface area contributed by atoms with E-state index in [1.165, 1.54) is 11.1 Å². The van der Waals surface area contributed by atoms with Gasteiger partial charge in [0, 0.05) is 18.3 Å². The highest BCUT2D eigenvalue weighted by molar-refractivity contribution is 5.32. The van der Waals surface area contributed by atoms with Crippen LogP contribution < -0.4 is 10.1 Å². The number of hydrogen-bond acceptors (Lipinski definition) is 3. The van der Waals surface area contributed by atoms with Crippen LogP contribution in [0.3, 0.4) is 0 Å². The van der Waals surface area contributed by atoms with Crippen molar-refractivity contribution in [2.24, 2.45) is 0 Å². The van der Waals surface area contributed by atoms with E-state index in [2.05, 4.69) is 23.3 Å². The van der Waals surface area contributed by atoms with Gasteiger partial charge in [-0.2, -0.15) is 0 Å². The number of rotatable bonds is 4. The number of ether oxygens (including phenoxy) is 1. The Morgan fingerprint density at radius 1 is 1.11 bits per heavy atom. The van der Waals surface area contributed by atoms with E-state index in [4.69, 9.17) is 4.74 Å². The topological polar surface area (TPSA) is 34.2 Å². The van der Waals surface area contributed by atoms with Gasteiger partial charge < -0.3 is 10.1 Å². The van der Waals surface area contributed by atoms with E-state index < -0.39 is 0 Å². The van der Waals surface area contributed by atoms with E-state index in [1.54, 1.807) is 0 Å². The van der Waals surface area contributed by atoms with Gasteiger partial charge in [-0.15, -0.1) is 0 Å². The van der Waals surface area contributed by atoms with Crippen LogP contribution in [0, 0.1) is 13.8 Å². The quantitative estimate of drug-likeness (QED) is 0.894. The summed E-state index contributed by atoms with van der Waals surface area (Å²) in [6.45, 7) is 4.84. The van der Waals surface area contributed by atoms with Crippen LogP contribution in [0.25, 0.3) is 0 Å². The number of hydrogen-bond donors (Lipinski definition) is 1. The molecule has 0 spiro atoms. The number of aromatic nitrogens is 1. The summed E-state index contributed by atoms with van der Waals surface area (Å²) in [5, 5.41) is 3.13. The van der Waals surface area contributed by atoms with E-state index in [-0.39, 0.29) is 0 Å². The second-order valence-electron chi connectivity index (χ2n) is 4.40. The molecule has 0 amide bonds. The van der Waals surface area contributed by atoms with Crippen LogP contribution >= 0.6 is 0 Å². The van der Waals surface area contributed by atoms with Crippen molar-refractivity contribution in [2.75, 3.05) is 7.05 Å². The zero-order valence-electron chi connectivity index (χ0n) is 11.0. The lowest BCUT2D eigenvalue weighted by Gasteiger charge is -2.08. The van der Waals surface area contributed by atoms with Crippen molar-refractivity contribution >= 4 is 0 Å². The van der Waals surface area contributed by atoms with Gasteiger partial charge in [0.1, 0.15) is 5.75 Å². The first-order valence-corrected chi connectivity index (χ1v) is 6.04. The molecule has 0 aliphatic carbocycles. The fraction of sp³-hybridized carbons (Fsp3) is 0.267. The molecule has 0 unspecified atom stereocenters. The molecular formula is C15H18N2O.